The summed E-state index contributed by atoms with van der Waals surface area (Å²) in [6.45, 7) is 6.46. The summed E-state index contributed by atoms with van der Waals surface area (Å²) in [5.41, 5.74) is 17.7. The van der Waals surface area contributed by atoms with Crippen molar-refractivity contribution in [2.24, 2.45) is 11.1 Å². The van der Waals surface area contributed by atoms with Crippen LogP contribution in [0.2, 0.25) is 0 Å². The lowest BCUT2D eigenvalue weighted by Gasteiger charge is -2.16. The first-order valence-electron chi connectivity index (χ1n) is 9.51. The van der Waals surface area contributed by atoms with Crippen molar-refractivity contribution in [1.82, 2.24) is 14.8 Å². The third-order valence-electron chi connectivity index (χ3n) is 5.49. The van der Waals surface area contributed by atoms with Crippen molar-refractivity contribution >= 4 is 22.4 Å². The molecule has 2 aromatic heterocycles. The van der Waals surface area contributed by atoms with Crippen LogP contribution in [0, 0.1) is 10.8 Å². The number of hydrogen-bond donors (Lipinski definition) is 3. The van der Waals surface area contributed by atoms with Crippen LogP contribution >= 0.6 is 0 Å². The summed E-state index contributed by atoms with van der Waals surface area (Å²) in [6.07, 6.45) is 5.36. The molecule has 0 amide bonds. The van der Waals surface area contributed by atoms with Crippen molar-refractivity contribution in [1.29, 1.82) is 5.41 Å². The van der Waals surface area contributed by atoms with Gasteiger partial charge in [-0.3, -0.25) is 10.1 Å². The van der Waals surface area contributed by atoms with E-state index < -0.39 is 0 Å². The van der Waals surface area contributed by atoms with E-state index in [4.69, 9.17) is 16.9 Å². The van der Waals surface area contributed by atoms with E-state index in [-0.39, 0.29) is 11.5 Å². The Hall–Kier alpha value is -3.15. The summed E-state index contributed by atoms with van der Waals surface area (Å²) < 4.78 is 1.91. The monoisotopic (exact) mass is 374 g/mol. The van der Waals surface area contributed by atoms with E-state index in [9.17, 15) is 0 Å². The standard InChI is InChI=1S/C22H26N6/c1-13(14-4-6-17(23)7-5-14)28-12-16-8-15(11-26-21(16)27-28)20(25)18-9-22(2,3)10-19(18)24/h4-8,11-13,25H,9-10,23-24H2,1-3H3. The van der Waals surface area contributed by atoms with Crippen LogP contribution in [0.15, 0.2) is 54.0 Å². The minimum atomic E-state index is 0.0617. The molecule has 1 aliphatic rings. The number of fused-ring (bicyclic) bond motifs is 1. The van der Waals surface area contributed by atoms with Crippen molar-refractivity contribution < 1.29 is 0 Å². The fraction of sp³-hybridized carbons (Fsp3) is 0.318. The van der Waals surface area contributed by atoms with Gasteiger partial charge in [0.25, 0.3) is 0 Å². The Labute approximate surface area is 164 Å². The second kappa shape index (κ2) is 6.48. The van der Waals surface area contributed by atoms with Gasteiger partial charge in [0.05, 0.1) is 11.8 Å². The first-order valence-corrected chi connectivity index (χ1v) is 9.51. The lowest BCUT2D eigenvalue weighted by atomic mass is 9.88. The van der Waals surface area contributed by atoms with Gasteiger partial charge in [-0.05, 0) is 54.5 Å². The Kier molecular flexibility index (Phi) is 4.22. The average molecular weight is 374 g/mol. The number of nitrogen functional groups attached to an aromatic ring is 1. The summed E-state index contributed by atoms with van der Waals surface area (Å²) in [6, 6.07) is 9.86. The summed E-state index contributed by atoms with van der Waals surface area (Å²) in [4.78, 5) is 4.49. The van der Waals surface area contributed by atoms with Gasteiger partial charge in [0.1, 0.15) is 0 Å². The molecule has 0 aliphatic heterocycles. The number of aromatic nitrogens is 3. The Morgan fingerprint density at radius 1 is 1.18 bits per heavy atom. The van der Waals surface area contributed by atoms with Gasteiger partial charge in [-0.15, -0.1) is 0 Å². The third kappa shape index (κ3) is 3.26. The highest BCUT2D eigenvalue weighted by Gasteiger charge is 2.31. The molecule has 144 valence electrons. The zero-order chi connectivity index (χ0) is 20.1. The molecule has 0 radical (unpaired) electrons. The number of rotatable bonds is 4. The molecule has 1 unspecified atom stereocenters. The van der Waals surface area contributed by atoms with Crippen LogP contribution in [0.25, 0.3) is 11.0 Å². The maximum absolute atomic E-state index is 8.64. The molecule has 0 fully saturated rings. The van der Waals surface area contributed by atoms with Crippen LogP contribution in [0.1, 0.15) is 50.8 Å². The fourth-order valence-electron chi connectivity index (χ4n) is 3.90. The van der Waals surface area contributed by atoms with Crippen molar-refractivity contribution in [3.8, 4) is 0 Å². The van der Waals surface area contributed by atoms with Gasteiger partial charge in [0.2, 0.25) is 0 Å². The summed E-state index contributed by atoms with van der Waals surface area (Å²) in [5.74, 6) is 0. The maximum atomic E-state index is 8.64. The smallest absolute Gasteiger partial charge is 0.181 e. The van der Waals surface area contributed by atoms with Crippen molar-refractivity contribution in [2.45, 2.75) is 39.7 Å². The number of nitrogens with two attached hydrogens (primary N) is 2. The number of pyridine rings is 1. The third-order valence-corrected chi connectivity index (χ3v) is 5.49. The van der Waals surface area contributed by atoms with E-state index in [1.165, 1.54) is 0 Å². The quantitative estimate of drug-likeness (QED) is 0.473. The molecule has 6 heteroatoms. The van der Waals surface area contributed by atoms with Crippen molar-refractivity contribution in [3.05, 3.63) is 65.1 Å². The second-order valence-electron chi connectivity index (χ2n) is 8.49. The zero-order valence-corrected chi connectivity index (χ0v) is 16.5. The van der Waals surface area contributed by atoms with E-state index in [0.29, 0.717) is 11.4 Å². The molecular formula is C22H26N6. The number of nitrogens with one attached hydrogen (secondary N) is 1. The predicted octanol–water partition coefficient (Wildman–Crippen LogP) is 4.02. The summed E-state index contributed by atoms with van der Waals surface area (Å²) >= 11 is 0. The molecule has 0 bridgehead atoms. The average Bonchev–Trinajstić information content (AvgIpc) is 3.20. The largest absolute Gasteiger partial charge is 0.402 e. The van der Waals surface area contributed by atoms with Gasteiger partial charge in [0.15, 0.2) is 5.65 Å². The molecule has 0 spiro atoms. The van der Waals surface area contributed by atoms with E-state index in [1.54, 1.807) is 6.20 Å². The van der Waals surface area contributed by atoms with E-state index in [0.717, 1.165) is 46.3 Å². The molecule has 1 aliphatic carbocycles. The SMILES string of the molecule is CC(c1ccc(N)cc1)n1cc2cc(C(=N)C3=C(N)CC(C)(C)C3)cnc2n1. The van der Waals surface area contributed by atoms with Crippen molar-refractivity contribution in [3.63, 3.8) is 0 Å². The first-order chi connectivity index (χ1) is 13.2. The van der Waals surface area contributed by atoms with Crippen LogP contribution in [-0.2, 0) is 0 Å². The number of allylic oxidation sites excluding steroid dienone is 2. The van der Waals surface area contributed by atoms with Gasteiger partial charge in [-0.2, -0.15) is 5.10 Å². The normalized spacial score (nSPS) is 17.2. The lowest BCUT2D eigenvalue weighted by molar-refractivity contribution is 0.390. The Bertz CT molecular complexity index is 1090. The van der Waals surface area contributed by atoms with Gasteiger partial charge in [0, 0.05) is 34.7 Å². The van der Waals surface area contributed by atoms with Crippen LogP contribution < -0.4 is 11.5 Å². The van der Waals surface area contributed by atoms with E-state index in [2.05, 4.69) is 30.9 Å². The minimum absolute atomic E-state index is 0.0617. The second-order valence-corrected chi connectivity index (χ2v) is 8.49. The number of benzene rings is 1. The molecule has 1 atom stereocenters. The Morgan fingerprint density at radius 2 is 1.89 bits per heavy atom. The predicted molar refractivity (Wildman–Crippen MR) is 113 cm³/mol. The van der Waals surface area contributed by atoms with Gasteiger partial charge in [-0.25, -0.2) is 4.98 Å². The molecule has 0 saturated heterocycles. The topological polar surface area (TPSA) is 107 Å². The van der Waals surface area contributed by atoms with Crippen LogP contribution in [0.3, 0.4) is 0 Å². The number of hydrogen-bond acceptors (Lipinski definition) is 5. The summed E-state index contributed by atoms with van der Waals surface area (Å²) in [7, 11) is 0. The molecule has 28 heavy (non-hydrogen) atoms. The molecule has 2 heterocycles. The van der Waals surface area contributed by atoms with Crippen LogP contribution in [0.5, 0.6) is 0 Å². The molecule has 5 N–H and O–H groups in total. The van der Waals surface area contributed by atoms with Gasteiger partial charge in [-0.1, -0.05) is 26.0 Å². The van der Waals surface area contributed by atoms with Gasteiger partial charge >= 0.3 is 0 Å². The Balaban J connectivity index is 1.64. The van der Waals surface area contributed by atoms with Crippen LogP contribution in [0.4, 0.5) is 5.69 Å². The maximum Gasteiger partial charge on any atom is 0.181 e. The molecular weight excluding hydrogens is 348 g/mol. The molecule has 0 saturated carbocycles. The summed E-state index contributed by atoms with van der Waals surface area (Å²) in [5, 5.41) is 14.2. The number of anilines is 1. The van der Waals surface area contributed by atoms with Crippen molar-refractivity contribution in [2.75, 3.05) is 5.73 Å². The number of nitrogens with zero attached hydrogens (tertiary/aromatic N) is 3. The molecule has 4 rings (SSSR count). The van der Waals surface area contributed by atoms with E-state index >= 15 is 0 Å². The van der Waals surface area contributed by atoms with Gasteiger partial charge < -0.3 is 11.5 Å². The molecule has 3 aromatic rings. The highest BCUT2D eigenvalue weighted by molar-refractivity contribution is 6.12. The Morgan fingerprint density at radius 3 is 2.54 bits per heavy atom. The van der Waals surface area contributed by atoms with E-state index in [1.807, 2.05) is 41.2 Å². The lowest BCUT2D eigenvalue weighted by Crippen LogP contribution is -2.09. The van der Waals surface area contributed by atoms with Crippen LogP contribution in [-0.4, -0.2) is 20.5 Å². The first kappa shape index (κ1) is 18.2. The molecule has 1 aromatic carbocycles. The highest BCUT2D eigenvalue weighted by Crippen LogP contribution is 2.40. The minimum Gasteiger partial charge on any atom is -0.402 e. The molecule has 6 nitrogen and oxygen atoms in total. The zero-order valence-electron chi connectivity index (χ0n) is 16.5. The highest BCUT2D eigenvalue weighted by atomic mass is 15.3. The fourth-order valence-corrected chi connectivity index (χ4v) is 3.90.